The van der Waals surface area contributed by atoms with Gasteiger partial charge in [0.05, 0.1) is 83.1 Å². The van der Waals surface area contributed by atoms with Crippen molar-refractivity contribution < 1.29 is 77.0 Å². The van der Waals surface area contributed by atoms with Crippen LogP contribution in [0.4, 0.5) is 10.3 Å². The zero-order valence-corrected chi connectivity index (χ0v) is 78.0. The Morgan fingerprint density at radius 1 is 0.540 bits per heavy atom. The topological polar surface area (TPSA) is 321 Å². The van der Waals surface area contributed by atoms with Gasteiger partial charge in [0.15, 0.2) is 21.8 Å². The van der Waals surface area contributed by atoms with Gasteiger partial charge in [-0.25, -0.2) is 19.9 Å². The van der Waals surface area contributed by atoms with E-state index >= 15 is 0 Å². The third kappa shape index (κ3) is 21.2. The number of carboxylic acid groups (broad SMARTS) is 2. The molecule has 0 radical (unpaired) electrons. The highest BCUT2D eigenvalue weighted by atomic mass is 35.5. The number of hydrogen-bond acceptors (Lipinski definition) is 24. The maximum atomic E-state index is 14.9. The van der Waals surface area contributed by atoms with Crippen LogP contribution in [0.2, 0.25) is 10.0 Å². The fourth-order valence-corrected chi connectivity index (χ4v) is 22.6. The lowest BCUT2D eigenvalue weighted by molar-refractivity contribution is -0.157. The van der Waals surface area contributed by atoms with E-state index in [4.69, 9.17) is 71.6 Å². The van der Waals surface area contributed by atoms with Crippen LogP contribution >= 0.6 is 45.9 Å². The van der Waals surface area contributed by atoms with Crippen molar-refractivity contribution in [3.63, 3.8) is 0 Å². The molecule has 6 saturated carbocycles. The molecule has 16 rings (SSSR count). The first-order valence-corrected chi connectivity index (χ1v) is 48.5. The van der Waals surface area contributed by atoms with Crippen LogP contribution in [0.5, 0.6) is 23.0 Å². The lowest BCUT2D eigenvalue weighted by atomic mass is 9.77. The maximum absolute atomic E-state index is 14.9. The third-order valence-corrected chi connectivity index (χ3v) is 30.4. The molecule has 6 aromatic rings. The van der Waals surface area contributed by atoms with Crippen LogP contribution in [0, 0.1) is 69.0 Å². The number of piperidine rings is 2. The summed E-state index contributed by atoms with van der Waals surface area (Å²) in [5.74, 6) is -1.83. The van der Waals surface area contributed by atoms with E-state index in [9.17, 15) is 48.6 Å². The lowest BCUT2D eigenvalue weighted by Gasteiger charge is -2.35. The number of nitrogens with zero attached hydrogens (tertiary/aromatic N) is 8. The Labute approximate surface area is 757 Å². The van der Waals surface area contributed by atoms with Gasteiger partial charge >= 0.3 is 23.9 Å². The van der Waals surface area contributed by atoms with Gasteiger partial charge < -0.3 is 59.1 Å². The summed E-state index contributed by atoms with van der Waals surface area (Å²) in [5.41, 5.74) is -0.490. The molecule has 8 heterocycles. The minimum absolute atomic E-state index is 0.0392. The number of allylic oxidation sites excluding steroid dienone is 1. The molecule has 0 bridgehead atoms. The number of thiazole rings is 2. The largest absolute Gasteiger partial charge is 0.491 e. The Balaban J connectivity index is 0.000000194. The van der Waals surface area contributed by atoms with Gasteiger partial charge in [0, 0.05) is 84.5 Å². The number of Topliss-reactive ketones (excluding diaryl/α,β-unsaturated/α-hetero) is 2. The normalized spacial score (nSPS) is 27.2. The van der Waals surface area contributed by atoms with E-state index in [1.807, 2.05) is 123 Å². The molecule has 6 aliphatic carbocycles. The van der Waals surface area contributed by atoms with Gasteiger partial charge in [0.25, 0.3) is 0 Å². The molecule has 126 heavy (non-hydrogen) atoms. The molecule has 4 N–H and O–H groups in total. The molecular formula is C96H126Cl2N10O16S2. The van der Waals surface area contributed by atoms with Crippen LogP contribution in [0.15, 0.2) is 59.8 Å². The lowest BCUT2D eigenvalue weighted by Crippen LogP contribution is -2.48. The molecule has 4 aliphatic heterocycles. The first kappa shape index (κ1) is 92.4. The predicted octanol–water partition coefficient (Wildman–Crippen LogP) is 17.6. The second-order valence-corrected chi connectivity index (χ2v) is 42.7. The van der Waals surface area contributed by atoms with E-state index in [1.54, 1.807) is 11.0 Å². The van der Waals surface area contributed by atoms with Crippen molar-refractivity contribution in [1.29, 1.82) is 0 Å². The SMILES string of the molecule is C=C[C@@H]1CC1(CC(=O)[C@@H]1C[C@@H](Oc2cc(-c3csc(NC(C)C)n3)nc3c(Cl)c(OCCN4CCCCC4)ccc23)CN1C(=O)[C@@H](CC(=O)OC1C[C@@H]2C[C@@H]2C1)C(C)(C)C)C(=O)O.CC[C@@H]1CC1(CC(=O)[C@@H]1C[C@@H](Oc2cc(-c3csc(NC(C)C)n3)nc3c(Cl)c(OCCN4CCCCC4)ccc23)CN1C(=O)[C@@H](CC(=O)OC1C[C@@H]2C[C@@H]2C1)C(C)(C)C)C(=O)O. The number of carboxylic acids is 2. The number of likely N-dealkylation sites (tertiary alicyclic amines) is 4. The number of carbonyl (C=O) groups excluding carboxylic acids is 6. The number of rotatable bonds is 36. The number of pyridine rings is 2. The van der Waals surface area contributed by atoms with Crippen molar-refractivity contribution >= 4 is 125 Å². The predicted molar refractivity (Wildman–Crippen MR) is 487 cm³/mol. The molecule has 16 atom stereocenters. The smallest absolute Gasteiger partial charge is 0.310 e. The van der Waals surface area contributed by atoms with Gasteiger partial charge in [0.2, 0.25) is 11.8 Å². The molecule has 4 unspecified atom stereocenters. The molecular weight excluding hydrogens is 1680 g/mol. The number of esters is 2. The number of benzene rings is 2. The Morgan fingerprint density at radius 2 is 0.944 bits per heavy atom. The van der Waals surface area contributed by atoms with Crippen molar-refractivity contribution in [2.24, 2.45) is 69.0 Å². The summed E-state index contributed by atoms with van der Waals surface area (Å²) in [4.78, 5) is 138. The molecule has 30 heteroatoms. The molecule has 2 aromatic carbocycles. The van der Waals surface area contributed by atoms with Gasteiger partial charge in [0.1, 0.15) is 82.1 Å². The van der Waals surface area contributed by atoms with Crippen molar-refractivity contribution in [2.75, 3.05) is 76.2 Å². The van der Waals surface area contributed by atoms with Gasteiger partial charge in [-0.2, -0.15) is 0 Å². The van der Waals surface area contributed by atoms with Crippen LogP contribution in [-0.2, 0) is 47.8 Å². The Kier molecular flexibility index (Phi) is 28.2. The zero-order chi connectivity index (χ0) is 89.6. The number of anilines is 2. The van der Waals surface area contributed by atoms with Crippen LogP contribution in [0.1, 0.15) is 211 Å². The van der Waals surface area contributed by atoms with E-state index in [2.05, 4.69) is 27.0 Å². The first-order chi connectivity index (χ1) is 60.0. The highest BCUT2D eigenvalue weighted by Crippen LogP contribution is 2.60. The number of aliphatic carboxylic acids is 2. The number of hydrogen-bond donors (Lipinski definition) is 4. The highest BCUT2D eigenvalue weighted by Gasteiger charge is 2.63. The summed E-state index contributed by atoms with van der Waals surface area (Å²) in [5, 5.41) is 34.5. The maximum Gasteiger partial charge on any atom is 0.310 e. The standard InChI is InChI=1S/C48H64ClN5O8S.C48H62ClN5O8S/c2*1-7-30-23-48(30,45(58)59)24-38(55)37-20-32(25-54(37)44(57)34(47(4,5)6)21-41(56)62-31-18-28-17-29(28)19-31)61-40-22-35(36-26-63-46(52-36)50-27(2)3)51-43-33(40)11-12-39(42(43)49)60-16-15-53-13-9-8-10-14-53/h11-12,22,26-32,34,37H,7-10,13-21,23-25H2,1-6H3,(H,50,52)(H,58,59);7,11-12,22,26-32,34,37H,1,8-10,13-21,23-25H2,2-6H3,(H,50,52)(H,58,59)/t2*28-,29+,30-,31?,32-,34-,37+,48?/m11/s1. The number of aromatic nitrogens is 4. The summed E-state index contributed by atoms with van der Waals surface area (Å²) in [6.45, 7) is 32.3. The quantitative estimate of drug-likeness (QED) is 0.0210. The number of carbonyl (C=O) groups is 8. The van der Waals surface area contributed by atoms with Crippen molar-refractivity contribution in [1.82, 2.24) is 39.5 Å². The van der Waals surface area contributed by atoms with Gasteiger partial charge in [-0.3, -0.25) is 48.2 Å². The Morgan fingerprint density at radius 3 is 1.30 bits per heavy atom. The number of fused-ring (bicyclic) bond motifs is 4. The van der Waals surface area contributed by atoms with E-state index in [-0.39, 0.29) is 111 Å². The average Bonchev–Trinajstić information content (AvgIpc) is 1.46. The number of ether oxygens (including phenoxy) is 6. The Bertz CT molecular complexity index is 5040. The average molecular weight is 1810 g/mol. The summed E-state index contributed by atoms with van der Waals surface area (Å²) >= 11 is 17.2. The molecule has 4 saturated heterocycles. The minimum atomic E-state index is -1.26. The van der Waals surface area contributed by atoms with Gasteiger partial charge in [-0.1, -0.05) is 97.0 Å². The van der Waals surface area contributed by atoms with Gasteiger partial charge in [-0.15, -0.1) is 29.3 Å². The second-order valence-electron chi connectivity index (χ2n) is 40.2. The summed E-state index contributed by atoms with van der Waals surface area (Å²) < 4.78 is 38.1. The van der Waals surface area contributed by atoms with Crippen molar-refractivity contribution in [3.8, 4) is 45.8 Å². The van der Waals surface area contributed by atoms with E-state index < -0.39 is 81.7 Å². The first-order valence-electron chi connectivity index (χ1n) is 45.9. The van der Waals surface area contributed by atoms with Crippen molar-refractivity contribution in [3.05, 3.63) is 69.9 Å². The molecule has 2 amide bonds. The van der Waals surface area contributed by atoms with E-state index in [0.29, 0.717) is 134 Å². The second kappa shape index (κ2) is 38.4. The molecule has 0 spiro atoms. The van der Waals surface area contributed by atoms with E-state index in [1.165, 1.54) is 78.9 Å². The highest BCUT2D eigenvalue weighted by molar-refractivity contribution is 7.14. The summed E-state index contributed by atoms with van der Waals surface area (Å²) in [6, 6.07) is 9.44. The zero-order valence-electron chi connectivity index (χ0n) is 74.8. The summed E-state index contributed by atoms with van der Waals surface area (Å²) in [6.07, 6.45) is 14.1. The number of ketones is 2. The minimum Gasteiger partial charge on any atom is -0.491 e. The number of amides is 2. The number of nitrogens with one attached hydrogen (secondary N) is 2. The van der Waals surface area contributed by atoms with Gasteiger partial charge in [-0.05, 0) is 202 Å². The van der Waals surface area contributed by atoms with Crippen LogP contribution < -0.4 is 29.6 Å². The fourth-order valence-electron chi connectivity index (χ4n) is 20.4. The molecule has 4 aromatic heterocycles. The molecule has 682 valence electrons. The third-order valence-electron chi connectivity index (χ3n) is 28.1. The summed E-state index contributed by atoms with van der Waals surface area (Å²) in [7, 11) is 0. The molecule has 10 fully saturated rings. The van der Waals surface area contributed by atoms with Crippen LogP contribution in [0.25, 0.3) is 44.6 Å². The monoisotopic (exact) mass is 1810 g/mol. The van der Waals surface area contributed by atoms with Crippen LogP contribution in [0.3, 0.4) is 0 Å². The number of halogens is 2. The van der Waals surface area contributed by atoms with Crippen LogP contribution in [-0.4, -0.2) is 211 Å². The molecule has 10 aliphatic rings. The van der Waals surface area contributed by atoms with Crippen molar-refractivity contribution in [2.45, 2.75) is 260 Å². The molecule has 26 nitrogen and oxygen atoms in total. The fraction of sp³-hybridized carbons (Fsp3) is 0.646. The Hall–Kier alpha value is -8.28. The van der Waals surface area contributed by atoms with E-state index in [0.717, 1.165) is 75.2 Å².